The summed E-state index contributed by atoms with van der Waals surface area (Å²) in [5.74, 6) is 0.104. The summed E-state index contributed by atoms with van der Waals surface area (Å²) in [5, 5.41) is 0.386. The molecule has 0 radical (unpaired) electrons. The highest BCUT2D eigenvalue weighted by molar-refractivity contribution is 5.87. The Bertz CT molecular complexity index is 675. The number of hydrogen-bond donors (Lipinski definition) is 0. The van der Waals surface area contributed by atoms with Gasteiger partial charge >= 0.3 is 0 Å². The molecule has 17 heavy (non-hydrogen) atoms. The van der Waals surface area contributed by atoms with Gasteiger partial charge in [0.05, 0.1) is 16.9 Å². The maximum absolute atomic E-state index is 13.7. The number of benzene rings is 1. The molecule has 3 nitrogen and oxygen atoms in total. The van der Waals surface area contributed by atoms with Crippen molar-refractivity contribution in [3.8, 4) is 5.75 Å². The van der Waals surface area contributed by atoms with E-state index in [0.717, 1.165) is 0 Å². The van der Waals surface area contributed by atoms with E-state index in [4.69, 9.17) is 4.74 Å². The van der Waals surface area contributed by atoms with Crippen molar-refractivity contribution in [1.82, 2.24) is 4.57 Å². The Hall–Kier alpha value is -1.84. The van der Waals surface area contributed by atoms with E-state index in [1.54, 1.807) is 13.1 Å². The molecule has 0 saturated carbocycles. The molecular weight excluding hydrogens is 221 g/mol. The van der Waals surface area contributed by atoms with Crippen molar-refractivity contribution >= 4 is 10.9 Å². The molecule has 1 aliphatic heterocycles. The molecule has 1 atom stereocenters. The molecule has 1 aromatic carbocycles. The Morgan fingerprint density at radius 3 is 3.06 bits per heavy atom. The fourth-order valence-electron chi connectivity index (χ4n) is 2.30. The molecule has 1 unspecified atom stereocenters. The van der Waals surface area contributed by atoms with Gasteiger partial charge < -0.3 is 9.30 Å². The number of ether oxygens (including phenoxy) is 1. The van der Waals surface area contributed by atoms with E-state index >= 15 is 0 Å². The van der Waals surface area contributed by atoms with E-state index in [1.165, 1.54) is 12.1 Å². The van der Waals surface area contributed by atoms with E-state index in [0.29, 0.717) is 28.8 Å². The second-order valence-electron chi connectivity index (χ2n) is 4.46. The lowest BCUT2D eigenvalue weighted by Gasteiger charge is -2.27. The van der Waals surface area contributed by atoms with Gasteiger partial charge in [-0.2, -0.15) is 0 Å². The summed E-state index contributed by atoms with van der Waals surface area (Å²) in [6.07, 6.45) is 1.75. The zero-order chi connectivity index (χ0) is 12.2. The predicted molar refractivity (Wildman–Crippen MR) is 63.1 cm³/mol. The highest BCUT2D eigenvalue weighted by atomic mass is 19.1. The van der Waals surface area contributed by atoms with Crippen LogP contribution in [0.25, 0.3) is 10.9 Å². The molecule has 3 rings (SSSR count). The first-order chi connectivity index (χ1) is 8.09. The Labute approximate surface area is 97.4 Å². The first kappa shape index (κ1) is 10.3. The van der Waals surface area contributed by atoms with Crippen molar-refractivity contribution in [2.45, 2.75) is 19.9 Å². The standard InChI is InChI=1S/C13H12FNO2/c1-7-6-17-13-8(2)10(14)5-9-11(16)3-4-15(7)12(9)13/h3-5,7H,6H2,1-2H3. The minimum atomic E-state index is -0.392. The van der Waals surface area contributed by atoms with Crippen molar-refractivity contribution in [1.29, 1.82) is 0 Å². The molecule has 0 aliphatic carbocycles. The van der Waals surface area contributed by atoms with Gasteiger partial charge in [-0.3, -0.25) is 4.79 Å². The first-order valence-corrected chi connectivity index (χ1v) is 5.56. The van der Waals surface area contributed by atoms with Crippen LogP contribution < -0.4 is 10.2 Å². The van der Waals surface area contributed by atoms with Crippen LogP contribution in [0.3, 0.4) is 0 Å². The summed E-state index contributed by atoms with van der Waals surface area (Å²) in [4.78, 5) is 11.8. The van der Waals surface area contributed by atoms with Gasteiger partial charge in [0.15, 0.2) is 5.43 Å². The average molecular weight is 233 g/mol. The molecule has 0 saturated heterocycles. The Balaban J connectivity index is 2.57. The van der Waals surface area contributed by atoms with Crippen molar-refractivity contribution in [2.24, 2.45) is 0 Å². The largest absolute Gasteiger partial charge is 0.489 e. The molecule has 0 N–H and O–H groups in total. The molecule has 0 fully saturated rings. The van der Waals surface area contributed by atoms with Gasteiger partial charge in [0.25, 0.3) is 0 Å². The van der Waals surface area contributed by atoms with Crippen LogP contribution in [0.2, 0.25) is 0 Å². The zero-order valence-electron chi connectivity index (χ0n) is 9.66. The van der Waals surface area contributed by atoms with Crippen molar-refractivity contribution < 1.29 is 9.13 Å². The van der Waals surface area contributed by atoms with Crippen LogP contribution in [-0.2, 0) is 0 Å². The summed E-state index contributed by atoms with van der Waals surface area (Å²) in [6, 6.07) is 2.92. The minimum Gasteiger partial charge on any atom is -0.489 e. The molecule has 1 aromatic heterocycles. The number of pyridine rings is 1. The molecule has 0 spiro atoms. The summed E-state index contributed by atoms with van der Waals surface area (Å²) >= 11 is 0. The van der Waals surface area contributed by atoms with Gasteiger partial charge in [-0.1, -0.05) is 0 Å². The number of hydrogen-bond acceptors (Lipinski definition) is 2. The molecule has 1 aliphatic rings. The fraction of sp³-hybridized carbons (Fsp3) is 0.308. The Kier molecular flexibility index (Phi) is 2.02. The number of aromatic nitrogens is 1. The monoisotopic (exact) mass is 233 g/mol. The van der Waals surface area contributed by atoms with E-state index in [1.807, 2.05) is 11.5 Å². The van der Waals surface area contributed by atoms with E-state index in [2.05, 4.69) is 0 Å². The van der Waals surface area contributed by atoms with Crippen molar-refractivity contribution in [3.05, 3.63) is 39.9 Å². The number of nitrogens with zero attached hydrogens (tertiary/aromatic N) is 1. The molecule has 4 heteroatoms. The molecule has 88 valence electrons. The van der Waals surface area contributed by atoms with Gasteiger partial charge in [0.2, 0.25) is 0 Å². The van der Waals surface area contributed by atoms with Crippen LogP contribution >= 0.6 is 0 Å². The Morgan fingerprint density at radius 2 is 2.29 bits per heavy atom. The summed E-state index contributed by atoms with van der Waals surface area (Å²) in [6.45, 7) is 4.17. The van der Waals surface area contributed by atoms with Crippen LogP contribution in [0.5, 0.6) is 5.75 Å². The van der Waals surface area contributed by atoms with Gasteiger partial charge in [-0.05, 0) is 19.9 Å². The highest BCUT2D eigenvalue weighted by Gasteiger charge is 2.22. The normalized spacial score (nSPS) is 18.2. The van der Waals surface area contributed by atoms with Gasteiger partial charge in [-0.25, -0.2) is 4.39 Å². The predicted octanol–water partition coefficient (Wildman–Crippen LogP) is 2.40. The van der Waals surface area contributed by atoms with Crippen LogP contribution in [0.1, 0.15) is 18.5 Å². The molecule has 0 amide bonds. The topological polar surface area (TPSA) is 31.2 Å². The lowest BCUT2D eigenvalue weighted by atomic mass is 10.1. The first-order valence-electron chi connectivity index (χ1n) is 5.56. The third-order valence-electron chi connectivity index (χ3n) is 3.29. The van der Waals surface area contributed by atoms with Crippen molar-refractivity contribution in [2.75, 3.05) is 6.61 Å². The second kappa shape index (κ2) is 3.32. The SMILES string of the molecule is Cc1c(F)cc2c(=O)ccn3c2c1OCC3C. The maximum Gasteiger partial charge on any atom is 0.189 e. The molecule has 2 heterocycles. The molecule has 2 aromatic rings. The number of rotatable bonds is 0. The van der Waals surface area contributed by atoms with Crippen LogP contribution in [0.15, 0.2) is 23.1 Å². The number of halogens is 1. The van der Waals surface area contributed by atoms with Gasteiger partial charge in [0.1, 0.15) is 18.2 Å². The van der Waals surface area contributed by atoms with Crippen LogP contribution in [0.4, 0.5) is 4.39 Å². The van der Waals surface area contributed by atoms with Gasteiger partial charge in [0, 0.05) is 17.8 Å². The maximum atomic E-state index is 13.7. The lowest BCUT2D eigenvalue weighted by molar-refractivity contribution is 0.244. The van der Waals surface area contributed by atoms with E-state index < -0.39 is 5.82 Å². The second-order valence-corrected chi connectivity index (χ2v) is 4.46. The quantitative estimate of drug-likeness (QED) is 0.699. The minimum absolute atomic E-state index is 0.149. The van der Waals surface area contributed by atoms with Crippen LogP contribution in [-0.4, -0.2) is 11.2 Å². The third-order valence-corrected chi connectivity index (χ3v) is 3.29. The summed E-state index contributed by atoms with van der Waals surface area (Å²) in [5.41, 5.74) is 0.994. The van der Waals surface area contributed by atoms with E-state index in [9.17, 15) is 9.18 Å². The van der Waals surface area contributed by atoms with E-state index in [-0.39, 0.29) is 11.5 Å². The lowest BCUT2D eigenvalue weighted by Crippen LogP contribution is -2.23. The smallest absolute Gasteiger partial charge is 0.189 e. The molecular formula is C13H12FNO2. The average Bonchev–Trinajstić information content (AvgIpc) is 2.31. The highest BCUT2D eigenvalue weighted by Crippen LogP contribution is 2.35. The van der Waals surface area contributed by atoms with Crippen molar-refractivity contribution in [3.63, 3.8) is 0 Å². The fourth-order valence-corrected chi connectivity index (χ4v) is 2.30. The van der Waals surface area contributed by atoms with Crippen LogP contribution in [0, 0.1) is 12.7 Å². The molecule has 0 bridgehead atoms. The van der Waals surface area contributed by atoms with Gasteiger partial charge in [-0.15, -0.1) is 0 Å². The summed E-state index contributed by atoms with van der Waals surface area (Å²) in [7, 11) is 0. The zero-order valence-corrected chi connectivity index (χ0v) is 9.66. The summed E-state index contributed by atoms with van der Waals surface area (Å²) < 4.78 is 21.2. The Morgan fingerprint density at radius 1 is 1.53 bits per heavy atom. The third kappa shape index (κ3) is 1.30.